The Morgan fingerprint density at radius 1 is 1.35 bits per heavy atom. The maximum Gasteiger partial charge on any atom is 0.192 e. The summed E-state index contributed by atoms with van der Waals surface area (Å²) in [6.45, 7) is 2.23. The minimum absolute atomic E-state index is 0.256. The van der Waals surface area contributed by atoms with Gasteiger partial charge < -0.3 is 26.2 Å². The summed E-state index contributed by atoms with van der Waals surface area (Å²) in [5.41, 5.74) is 5.91. The van der Waals surface area contributed by atoms with E-state index in [2.05, 4.69) is 20.3 Å². The molecule has 0 bridgehead atoms. The summed E-state index contributed by atoms with van der Waals surface area (Å²) in [4.78, 5) is 4.50. The Balaban J connectivity index is 1.71. The fourth-order valence-corrected chi connectivity index (χ4v) is 3.63. The lowest BCUT2D eigenvalue weighted by molar-refractivity contribution is 0.179. The summed E-state index contributed by atoms with van der Waals surface area (Å²) in [7, 11) is 0. The Labute approximate surface area is 165 Å². The van der Waals surface area contributed by atoms with Crippen LogP contribution >= 0.6 is 34.9 Å². The number of aliphatic hydroxyl groups is 1. The highest BCUT2D eigenvalue weighted by Crippen LogP contribution is 2.32. The van der Waals surface area contributed by atoms with E-state index in [0.717, 1.165) is 31.3 Å². The van der Waals surface area contributed by atoms with Crippen LogP contribution in [0.25, 0.3) is 0 Å². The quantitative estimate of drug-likeness (QED) is 0.266. The van der Waals surface area contributed by atoms with Crippen LogP contribution in [0.3, 0.4) is 0 Å². The molecule has 0 aliphatic carbocycles. The summed E-state index contributed by atoms with van der Waals surface area (Å²) in [6, 6.07) is 3.00. The van der Waals surface area contributed by atoms with Gasteiger partial charge in [0.2, 0.25) is 0 Å². The number of halogens is 2. The molecule has 0 fully saturated rings. The van der Waals surface area contributed by atoms with E-state index in [1.54, 1.807) is 12.3 Å². The fraction of sp³-hybridized carbons (Fsp3) is 0.438. The Hall–Kier alpha value is -1.10. The largest absolute Gasteiger partial charge is 0.390 e. The Morgan fingerprint density at radius 2 is 2.15 bits per heavy atom. The van der Waals surface area contributed by atoms with Crippen molar-refractivity contribution in [2.24, 2.45) is 5.73 Å². The van der Waals surface area contributed by atoms with Crippen LogP contribution in [0, 0.1) is 5.82 Å². The van der Waals surface area contributed by atoms with Gasteiger partial charge in [0.15, 0.2) is 5.13 Å². The molecule has 0 saturated carbocycles. The average Bonchev–Trinajstić information content (AvgIpc) is 3.15. The van der Waals surface area contributed by atoms with Gasteiger partial charge in [-0.3, -0.25) is 0 Å². The Morgan fingerprint density at radius 3 is 2.88 bits per heavy atom. The van der Waals surface area contributed by atoms with Crippen LogP contribution in [0.4, 0.5) is 15.2 Å². The number of hydrogen-bond acceptors (Lipinski definition) is 8. The van der Waals surface area contributed by atoms with E-state index in [1.807, 2.05) is 5.38 Å². The van der Waals surface area contributed by atoms with E-state index in [1.165, 1.54) is 17.4 Å². The van der Waals surface area contributed by atoms with Gasteiger partial charge in [0.1, 0.15) is 5.82 Å². The van der Waals surface area contributed by atoms with Gasteiger partial charge in [-0.2, -0.15) is 0 Å². The predicted molar refractivity (Wildman–Crippen MR) is 109 cm³/mol. The predicted octanol–water partition coefficient (Wildman–Crippen LogP) is 3.16. The second-order valence-corrected chi connectivity index (χ2v) is 7.68. The number of benzene rings is 1. The number of hydrogen-bond donors (Lipinski definition) is 5. The van der Waals surface area contributed by atoms with Crippen molar-refractivity contribution >= 4 is 45.7 Å². The molecule has 1 heterocycles. The number of thiazole rings is 1. The molecule has 6 N–H and O–H groups in total. The van der Waals surface area contributed by atoms with Crippen LogP contribution in [0.1, 0.15) is 12.8 Å². The molecular weight excluding hydrogens is 397 g/mol. The Kier molecular flexibility index (Phi) is 9.44. The first-order valence-corrected chi connectivity index (χ1v) is 10.3. The van der Waals surface area contributed by atoms with Crippen LogP contribution in [0.15, 0.2) is 28.6 Å². The highest BCUT2D eigenvalue weighted by molar-refractivity contribution is 8.00. The summed E-state index contributed by atoms with van der Waals surface area (Å²) in [5, 5.41) is 18.6. The van der Waals surface area contributed by atoms with Gasteiger partial charge >= 0.3 is 0 Å². The fourth-order valence-electron chi connectivity index (χ4n) is 2.06. The van der Waals surface area contributed by atoms with Crippen molar-refractivity contribution in [2.45, 2.75) is 23.8 Å². The molecule has 26 heavy (non-hydrogen) atoms. The van der Waals surface area contributed by atoms with Crippen molar-refractivity contribution in [3.05, 3.63) is 34.5 Å². The third kappa shape index (κ3) is 7.26. The van der Waals surface area contributed by atoms with E-state index in [0.29, 0.717) is 33.8 Å². The average molecular weight is 420 g/mol. The number of unbranched alkanes of at least 4 members (excludes halogenated alkanes) is 1. The van der Waals surface area contributed by atoms with Crippen LogP contribution in [0.5, 0.6) is 0 Å². The van der Waals surface area contributed by atoms with Gasteiger partial charge in [-0.1, -0.05) is 11.6 Å². The van der Waals surface area contributed by atoms with Crippen molar-refractivity contribution in [1.82, 2.24) is 10.3 Å². The minimum Gasteiger partial charge on any atom is -0.390 e. The first kappa shape index (κ1) is 21.2. The normalized spacial score (nSPS) is 12.2. The molecule has 1 atom stereocenters. The molecule has 144 valence electrons. The third-order valence-corrected chi connectivity index (χ3v) is 5.41. The number of rotatable bonds is 12. The number of nitrogens with two attached hydrogens (primary N) is 1. The van der Waals surface area contributed by atoms with E-state index >= 15 is 0 Å². The van der Waals surface area contributed by atoms with E-state index in [9.17, 15) is 9.50 Å². The first-order chi connectivity index (χ1) is 12.6. The maximum absolute atomic E-state index is 14.2. The summed E-state index contributed by atoms with van der Waals surface area (Å²) >= 11 is 8.82. The van der Waals surface area contributed by atoms with Gasteiger partial charge in [0.05, 0.1) is 21.7 Å². The lowest BCUT2D eigenvalue weighted by atomic mass is 10.2. The van der Waals surface area contributed by atoms with E-state index < -0.39 is 6.10 Å². The van der Waals surface area contributed by atoms with Gasteiger partial charge in [0, 0.05) is 31.2 Å². The zero-order chi connectivity index (χ0) is 18.8. The Bertz CT molecular complexity index is 662. The monoisotopic (exact) mass is 419 g/mol. The summed E-state index contributed by atoms with van der Waals surface area (Å²) < 4.78 is 17.2. The number of anilines is 2. The van der Waals surface area contributed by atoms with Crippen molar-refractivity contribution < 1.29 is 9.50 Å². The van der Waals surface area contributed by atoms with E-state index in [-0.39, 0.29) is 12.4 Å². The second kappa shape index (κ2) is 11.6. The summed E-state index contributed by atoms with van der Waals surface area (Å²) in [6.07, 6.45) is 3.00. The molecule has 0 amide bonds. The highest BCUT2D eigenvalue weighted by atomic mass is 35.5. The van der Waals surface area contributed by atoms with Gasteiger partial charge in [-0.05, 0) is 43.5 Å². The molecule has 0 radical (unpaired) electrons. The van der Waals surface area contributed by atoms with Crippen LogP contribution in [-0.2, 0) is 0 Å². The molecule has 1 aromatic heterocycles. The van der Waals surface area contributed by atoms with Gasteiger partial charge in [-0.15, -0.1) is 11.3 Å². The third-order valence-electron chi connectivity index (χ3n) is 3.45. The van der Waals surface area contributed by atoms with Crippen LogP contribution in [-0.4, -0.2) is 42.4 Å². The second-order valence-electron chi connectivity index (χ2n) is 5.53. The highest BCUT2D eigenvalue weighted by Gasteiger charge is 2.10. The van der Waals surface area contributed by atoms with Crippen molar-refractivity contribution in [1.29, 1.82) is 0 Å². The van der Waals surface area contributed by atoms with Crippen molar-refractivity contribution in [2.75, 3.05) is 36.2 Å². The molecule has 0 unspecified atom stereocenters. The smallest absolute Gasteiger partial charge is 0.192 e. The molecule has 2 aromatic rings. The number of nitrogens with zero attached hydrogens (tertiary/aromatic N) is 1. The zero-order valence-corrected chi connectivity index (χ0v) is 16.6. The standard InChI is InChI=1S/C16H23ClFN5OS2/c17-12-7-15(26-23-16-22-5-6-25-16)13(18)8-14(12)21-4-2-1-3-20-10-11(24)9-19/h5-8,11,20-21,24H,1-4,9-10,19H2,(H,22,23)/t11-/m1/s1. The van der Waals surface area contributed by atoms with Crippen LogP contribution < -0.4 is 21.1 Å². The molecule has 0 saturated heterocycles. The number of aliphatic hydroxyl groups excluding tert-OH is 1. The van der Waals surface area contributed by atoms with Crippen LogP contribution in [0.2, 0.25) is 5.02 Å². The van der Waals surface area contributed by atoms with Crippen molar-refractivity contribution in [3.63, 3.8) is 0 Å². The van der Waals surface area contributed by atoms with E-state index in [4.69, 9.17) is 17.3 Å². The zero-order valence-electron chi connectivity index (χ0n) is 14.2. The SMILES string of the molecule is NC[C@@H](O)CNCCCCNc1cc(F)c(SNc2nccs2)cc1Cl. The topological polar surface area (TPSA) is 95.2 Å². The van der Waals surface area contributed by atoms with Gasteiger partial charge in [-0.25, -0.2) is 9.37 Å². The molecule has 0 aliphatic rings. The number of nitrogens with one attached hydrogen (secondary N) is 3. The molecule has 0 aliphatic heterocycles. The lowest BCUT2D eigenvalue weighted by Crippen LogP contribution is -2.33. The number of aromatic nitrogens is 1. The first-order valence-electron chi connectivity index (χ1n) is 8.24. The maximum atomic E-state index is 14.2. The molecule has 6 nitrogen and oxygen atoms in total. The lowest BCUT2D eigenvalue weighted by Gasteiger charge is -2.12. The molecule has 0 spiro atoms. The molecular formula is C16H23ClFN5OS2. The molecule has 2 rings (SSSR count). The molecule has 10 heteroatoms. The minimum atomic E-state index is -0.503. The summed E-state index contributed by atoms with van der Waals surface area (Å²) in [5.74, 6) is -0.344. The van der Waals surface area contributed by atoms with Gasteiger partial charge in [0.25, 0.3) is 0 Å². The molecule has 1 aromatic carbocycles. The van der Waals surface area contributed by atoms with Crippen molar-refractivity contribution in [3.8, 4) is 0 Å².